The molecule has 3 aromatic carbocycles. The van der Waals surface area contributed by atoms with Gasteiger partial charge in [-0.2, -0.15) is 10.5 Å². The standard InChI is InChI=1S/C23H15BrN2O/c24-22-8-4-18(5-9-22)16-27-23-10-6-17(7-11-23)12-21(15-26)20-3-1-2-19(13-20)14-25/h1-13H,16H2/b21-12-. The van der Waals surface area contributed by atoms with Crippen LogP contribution in [0.1, 0.15) is 22.3 Å². The number of nitrogens with zero attached hydrogens (tertiary/aromatic N) is 2. The average Bonchev–Trinajstić information content (AvgIpc) is 2.72. The van der Waals surface area contributed by atoms with Gasteiger partial charge in [0.25, 0.3) is 0 Å². The summed E-state index contributed by atoms with van der Waals surface area (Å²) in [4.78, 5) is 0. The Morgan fingerprint density at radius 3 is 2.37 bits per heavy atom. The molecule has 0 radical (unpaired) electrons. The molecule has 0 N–H and O–H groups in total. The lowest BCUT2D eigenvalue weighted by atomic mass is 10.0. The Labute approximate surface area is 166 Å². The Hall–Kier alpha value is -3.34. The first kappa shape index (κ1) is 18.5. The third-order valence-corrected chi connectivity index (χ3v) is 4.46. The van der Waals surface area contributed by atoms with E-state index >= 15 is 0 Å². The van der Waals surface area contributed by atoms with Crippen LogP contribution in [0.2, 0.25) is 0 Å². The van der Waals surface area contributed by atoms with Gasteiger partial charge in [-0.1, -0.05) is 52.3 Å². The van der Waals surface area contributed by atoms with E-state index in [-0.39, 0.29) is 0 Å². The molecular formula is C23H15BrN2O. The van der Waals surface area contributed by atoms with Gasteiger partial charge in [-0.15, -0.1) is 0 Å². The molecule has 0 saturated carbocycles. The molecule has 0 amide bonds. The van der Waals surface area contributed by atoms with Crippen LogP contribution in [-0.2, 0) is 6.61 Å². The molecule has 3 rings (SSSR count). The highest BCUT2D eigenvalue weighted by atomic mass is 79.9. The molecule has 0 aliphatic rings. The van der Waals surface area contributed by atoms with E-state index in [4.69, 9.17) is 10.00 Å². The van der Waals surface area contributed by atoms with Crippen molar-refractivity contribution in [3.8, 4) is 17.9 Å². The summed E-state index contributed by atoms with van der Waals surface area (Å²) in [5.74, 6) is 0.764. The van der Waals surface area contributed by atoms with Gasteiger partial charge in [0.2, 0.25) is 0 Å². The third kappa shape index (κ3) is 5.07. The Bertz CT molecular complexity index is 1040. The first-order chi connectivity index (χ1) is 13.2. The van der Waals surface area contributed by atoms with E-state index in [1.807, 2.05) is 54.6 Å². The van der Waals surface area contributed by atoms with E-state index in [0.29, 0.717) is 17.7 Å². The van der Waals surface area contributed by atoms with Crippen molar-refractivity contribution in [3.63, 3.8) is 0 Å². The van der Waals surface area contributed by atoms with Gasteiger partial charge in [-0.05, 0) is 59.2 Å². The summed E-state index contributed by atoms with van der Waals surface area (Å²) in [6.45, 7) is 0.493. The quantitative estimate of drug-likeness (QED) is 0.381. The second kappa shape index (κ2) is 8.85. The molecule has 27 heavy (non-hydrogen) atoms. The Morgan fingerprint density at radius 1 is 0.963 bits per heavy atom. The van der Waals surface area contributed by atoms with Crippen LogP contribution >= 0.6 is 15.9 Å². The number of nitriles is 2. The molecular weight excluding hydrogens is 400 g/mol. The molecule has 0 fully saturated rings. The van der Waals surface area contributed by atoms with E-state index < -0.39 is 0 Å². The molecule has 0 aliphatic carbocycles. The van der Waals surface area contributed by atoms with Crippen molar-refractivity contribution in [1.82, 2.24) is 0 Å². The molecule has 0 saturated heterocycles. The Kier molecular flexibility index (Phi) is 6.05. The lowest BCUT2D eigenvalue weighted by molar-refractivity contribution is 0.306. The van der Waals surface area contributed by atoms with E-state index in [1.165, 1.54) is 0 Å². The van der Waals surface area contributed by atoms with Gasteiger partial charge >= 0.3 is 0 Å². The lowest BCUT2D eigenvalue weighted by Gasteiger charge is -2.07. The minimum Gasteiger partial charge on any atom is -0.489 e. The lowest BCUT2D eigenvalue weighted by Crippen LogP contribution is -1.94. The van der Waals surface area contributed by atoms with Crippen LogP contribution in [0, 0.1) is 22.7 Å². The fraction of sp³-hybridized carbons (Fsp3) is 0.0435. The van der Waals surface area contributed by atoms with Crippen LogP contribution in [0.15, 0.2) is 77.3 Å². The number of benzene rings is 3. The summed E-state index contributed by atoms with van der Waals surface area (Å²) in [6, 6.07) is 26.9. The van der Waals surface area contributed by atoms with Gasteiger partial charge in [-0.25, -0.2) is 0 Å². The van der Waals surface area contributed by atoms with Gasteiger partial charge in [-0.3, -0.25) is 0 Å². The topological polar surface area (TPSA) is 56.8 Å². The smallest absolute Gasteiger partial charge is 0.119 e. The molecule has 0 bridgehead atoms. The predicted molar refractivity (Wildman–Crippen MR) is 110 cm³/mol. The maximum Gasteiger partial charge on any atom is 0.119 e. The minimum absolute atomic E-state index is 0.493. The van der Waals surface area contributed by atoms with E-state index in [0.717, 1.165) is 26.9 Å². The van der Waals surface area contributed by atoms with Crippen molar-refractivity contribution in [2.45, 2.75) is 6.61 Å². The molecule has 0 heterocycles. The molecule has 0 spiro atoms. The highest BCUT2D eigenvalue weighted by Crippen LogP contribution is 2.21. The fourth-order valence-corrected chi connectivity index (χ4v) is 2.78. The van der Waals surface area contributed by atoms with Crippen LogP contribution in [0.25, 0.3) is 11.6 Å². The largest absolute Gasteiger partial charge is 0.489 e. The maximum atomic E-state index is 9.46. The molecule has 0 aromatic heterocycles. The van der Waals surface area contributed by atoms with Gasteiger partial charge in [0, 0.05) is 4.47 Å². The fourth-order valence-electron chi connectivity index (χ4n) is 2.51. The molecule has 4 heteroatoms. The van der Waals surface area contributed by atoms with Crippen molar-refractivity contribution in [2.24, 2.45) is 0 Å². The SMILES string of the molecule is N#C/C(=C/c1ccc(OCc2ccc(Br)cc2)cc1)c1cccc(C#N)c1. The predicted octanol–water partition coefficient (Wildman–Crippen LogP) is 5.96. The van der Waals surface area contributed by atoms with E-state index in [9.17, 15) is 5.26 Å². The van der Waals surface area contributed by atoms with E-state index in [1.54, 1.807) is 24.3 Å². The molecule has 0 unspecified atom stereocenters. The summed E-state index contributed by atoms with van der Waals surface area (Å²) in [5, 5.41) is 18.5. The number of hydrogen-bond acceptors (Lipinski definition) is 3. The monoisotopic (exact) mass is 414 g/mol. The highest BCUT2D eigenvalue weighted by molar-refractivity contribution is 9.10. The summed E-state index contributed by atoms with van der Waals surface area (Å²) >= 11 is 3.41. The zero-order valence-corrected chi connectivity index (χ0v) is 16.0. The molecule has 3 nitrogen and oxygen atoms in total. The van der Waals surface area contributed by atoms with Crippen molar-refractivity contribution >= 4 is 27.6 Å². The minimum atomic E-state index is 0.493. The van der Waals surface area contributed by atoms with Gasteiger partial charge in [0.05, 0.1) is 23.3 Å². The van der Waals surface area contributed by atoms with Crippen LogP contribution in [-0.4, -0.2) is 0 Å². The van der Waals surface area contributed by atoms with Crippen molar-refractivity contribution < 1.29 is 4.74 Å². The first-order valence-corrected chi connectivity index (χ1v) is 9.07. The van der Waals surface area contributed by atoms with Gasteiger partial charge in [0.1, 0.15) is 12.4 Å². The summed E-state index contributed by atoms with van der Waals surface area (Å²) < 4.78 is 6.83. The Balaban J connectivity index is 1.72. The zero-order valence-electron chi connectivity index (χ0n) is 14.4. The molecule has 3 aromatic rings. The Morgan fingerprint density at radius 2 is 1.70 bits per heavy atom. The summed E-state index contributed by atoms with van der Waals surface area (Å²) in [5.41, 5.74) is 3.75. The summed E-state index contributed by atoms with van der Waals surface area (Å²) in [6.07, 6.45) is 1.80. The van der Waals surface area contributed by atoms with Crippen LogP contribution in [0.4, 0.5) is 0 Å². The maximum absolute atomic E-state index is 9.46. The van der Waals surface area contributed by atoms with Crippen LogP contribution in [0.3, 0.4) is 0 Å². The number of halogens is 1. The van der Waals surface area contributed by atoms with Crippen LogP contribution in [0.5, 0.6) is 5.75 Å². The number of allylic oxidation sites excluding steroid dienone is 1. The number of ether oxygens (including phenoxy) is 1. The number of rotatable bonds is 5. The van der Waals surface area contributed by atoms with E-state index in [2.05, 4.69) is 28.1 Å². The summed E-state index contributed by atoms with van der Waals surface area (Å²) in [7, 11) is 0. The average molecular weight is 415 g/mol. The molecule has 130 valence electrons. The molecule has 0 atom stereocenters. The van der Waals surface area contributed by atoms with Crippen LogP contribution < -0.4 is 4.74 Å². The van der Waals surface area contributed by atoms with Crippen molar-refractivity contribution in [1.29, 1.82) is 10.5 Å². The molecule has 0 aliphatic heterocycles. The van der Waals surface area contributed by atoms with Crippen molar-refractivity contribution in [3.05, 3.63) is 99.5 Å². The van der Waals surface area contributed by atoms with Gasteiger partial charge in [0.15, 0.2) is 0 Å². The highest BCUT2D eigenvalue weighted by Gasteiger charge is 2.03. The second-order valence-electron chi connectivity index (χ2n) is 5.85. The van der Waals surface area contributed by atoms with Gasteiger partial charge < -0.3 is 4.74 Å². The number of hydrogen-bond donors (Lipinski definition) is 0. The normalized spacial score (nSPS) is 10.7. The van der Waals surface area contributed by atoms with Crippen molar-refractivity contribution in [2.75, 3.05) is 0 Å². The third-order valence-electron chi connectivity index (χ3n) is 3.93. The second-order valence-corrected chi connectivity index (χ2v) is 6.76. The zero-order chi connectivity index (χ0) is 19.1. The first-order valence-electron chi connectivity index (χ1n) is 8.27.